The summed E-state index contributed by atoms with van der Waals surface area (Å²) in [6.45, 7) is 7.91. The summed E-state index contributed by atoms with van der Waals surface area (Å²) in [7, 11) is 1.70. The van der Waals surface area contributed by atoms with Gasteiger partial charge in [-0.3, -0.25) is 9.88 Å². The molecule has 170 valence electrons. The van der Waals surface area contributed by atoms with Crippen molar-refractivity contribution in [3.05, 3.63) is 72.2 Å². The molecule has 0 spiro atoms. The number of tetrazole rings is 1. The SMILES string of the molecule is COc1ccc(N2CCN([C@H](c3ccc4ncccc4c3)c3nnnn3C(C)C)CC2)cc1. The first-order valence-electron chi connectivity index (χ1n) is 11.4. The molecular formula is C25H29N7O. The lowest BCUT2D eigenvalue weighted by molar-refractivity contribution is 0.199. The van der Waals surface area contributed by atoms with Crippen LogP contribution in [0.4, 0.5) is 5.69 Å². The molecule has 1 fully saturated rings. The minimum absolute atomic E-state index is 0.0231. The number of ether oxygens (including phenoxy) is 1. The van der Waals surface area contributed by atoms with E-state index in [1.807, 2.05) is 29.1 Å². The molecule has 1 saturated heterocycles. The van der Waals surface area contributed by atoms with Crippen molar-refractivity contribution in [2.75, 3.05) is 38.2 Å². The van der Waals surface area contributed by atoms with Crippen molar-refractivity contribution in [3.63, 3.8) is 0 Å². The summed E-state index contributed by atoms with van der Waals surface area (Å²) in [5.41, 5.74) is 3.40. The molecule has 8 nitrogen and oxygen atoms in total. The maximum Gasteiger partial charge on any atom is 0.173 e. The number of aromatic nitrogens is 5. The van der Waals surface area contributed by atoms with E-state index in [9.17, 15) is 0 Å². The van der Waals surface area contributed by atoms with Crippen LogP contribution in [0.2, 0.25) is 0 Å². The highest BCUT2D eigenvalue weighted by atomic mass is 16.5. The van der Waals surface area contributed by atoms with Crippen LogP contribution in [-0.2, 0) is 0 Å². The topological polar surface area (TPSA) is 72.2 Å². The van der Waals surface area contributed by atoms with Gasteiger partial charge < -0.3 is 9.64 Å². The summed E-state index contributed by atoms with van der Waals surface area (Å²) >= 11 is 0. The molecule has 2 aromatic carbocycles. The van der Waals surface area contributed by atoms with Gasteiger partial charge in [0, 0.05) is 43.4 Å². The van der Waals surface area contributed by atoms with E-state index in [1.165, 1.54) is 11.3 Å². The Morgan fingerprint density at radius 2 is 1.73 bits per heavy atom. The second-order valence-corrected chi connectivity index (χ2v) is 8.65. The van der Waals surface area contributed by atoms with Crippen LogP contribution >= 0.6 is 0 Å². The van der Waals surface area contributed by atoms with Gasteiger partial charge in [0.25, 0.3) is 0 Å². The van der Waals surface area contributed by atoms with E-state index < -0.39 is 0 Å². The number of anilines is 1. The van der Waals surface area contributed by atoms with Crippen LogP contribution in [0.5, 0.6) is 5.75 Å². The second-order valence-electron chi connectivity index (χ2n) is 8.65. The lowest BCUT2D eigenvalue weighted by Crippen LogP contribution is -2.48. The van der Waals surface area contributed by atoms with Gasteiger partial charge in [0.15, 0.2) is 5.82 Å². The van der Waals surface area contributed by atoms with Crippen LogP contribution in [0.15, 0.2) is 60.8 Å². The van der Waals surface area contributed by atoms with Gasteiger partial charge in [0.05, 0.1) is 24.7 Å². The zero-order chi connectivity index (χ0) is 22.8. The van der Waals surface area contributed by atoms with E-state index >= 15 is 0 Å². The quantitative estimate of drug-likeness (QED) is 0.450. The molecule has 1 aliphatic rings. The molecule has 1 aliphatic heterocycles. The summed E-state index contributed by atoms with van der Waals surface area (Å²) in [5.74, 6) is 1.76. The minimum Gasteiger partial charge on any atom is -0.497 e. The summed E-state index contributed by atoms with van der Waals surface area (Å²) in [5, 5.41) is 13.9. The lowest BCUT2D eigenvalue weighted by Gasteiger charge is -2.40. The minimum atomic E-state index is -0.0231. The Kier molecular flexibility index (Phi) is 5.92. The zero-order valence-corrected chi connectivity index (χ0v) is 19.3. The Morgan fingerprint density at radius 3 is 2.45 bits per heavy atom. The smallest absolute Gasteiger partial charge is 0.173 e. The lowest BCUT2D eigenvalue weighted by atomic mass is 10.0. The third-order valence-corrected chi connectivity index (χ3v) is 6.31. The Bertz CT molecular complexity index is 1210. The number of rotatable bonds is 6. The molecule has 4 aromatic rings. The molecule has 0 unspecified atom stereocenters. The Hall–Kier alpha value is -3.52. The van der Waals surface area contributed by atoms with Crippen LogP contribution < -0.4 is 9.64 Å². The number of piperazine rings is 1. The predicted molar refractivity (Wildman–Crippen MR) is 129 cm³/mol. The normalized spacial score (nSPS) is 15.8. The molecule has 3 heterocycles. The van der Waals surface area contributed by atoms with E-state index in [0.29, 0.717) is 0 Å². The molecule has 0 bridgehead atoms. The first-order valence-corrected chi connectivity index (χ1v) is 11.4. The molecule has 0 radical (unpaired) electrons. The van der Waals surface area contributed by atoms with Gasteiger partial charge in [-0.25, -0.2) is 4.68 Å². The highest BCUT2D eigenvalue weighted by Crippen LogP contribution is 2.32. The Balaban J connectivity index is 1.45. The molecule has 33 heavy (non-hydrogen) atoms. The van der Waals surface area contributed by atoms with Crippen molar-refractivity contribution in [2.24, 2.45) is 0 Å². The van der Waals surface area contributed by atoms with E-state index in [0.717, 1.165) is 48.7 Å². The zero-order valence-electron chi connectivity index (χ0n) is 19.3. The number of pyridine rings is 1. The monoisotopic (exact) mass is 443 g/mol. The standard InChI is InChI=1S/C25H29N7O/c1-18(2)32-25(27-28-29-32)24(20-6-11-23-19(17-20)5-4-12-26-23)31-15-13-30(14-16-31)21-7-9-22(33-3)10-8-21/h4-12,17-18,24H,13-16H2,1-3H3/t24-/m1/s1. The van der Waals surface area contributed by atoms with E-state index in [4.69, 9.17) is 4.74 Å². The Morgan fingerprint density at radius 1 is 0.939 bits per heavy atom. The predicted octanol–water partition coefficient (Wildman–Crippen LogP) is 3.72. The van der Waals surface area contributed by atoms with Crippen molar-refractivity contribution in [3.8, 4) is 5.75 Å². The summed E-state index contributed by atoms with van der Waals surface area (Å²) in [4.78, 5) is 9.39. The average Bonchev–Trinajstić information content (AvgIpc) is 3.34. The molecule has 1 atom stereocenters. The molecule has 2 aromatic heterocycles. The number of fused-ring (bicyclic) bond motifs is 1. The van der Waals surface area contributed by atoms with E-state index in [2.05, 4.69) is 80.6 Å². The Labute approximate surface area is 193 Å². The highest BCUT2D eigenvalue weighted by Gasteiger charge is 2.31. The van der Waals surface area contributed by atoms with Crippen LogP contribution in [0, 0.1) is 0 Å². The van der Waals surface area contributed by atoms with Gasteiger partial charge in [0.1, 0.15) is 5.75 Å². The van der Waals surface area contributed by atoms with Gasteiger partial charge in [-0.2, -0.15) is 0 Å². The fourth-order valence-electron chi connectivity index (χ4n) is 4.57. The van der Waals surface area contributed by atoms with Crippen molar-refractivity contribution in [1.82, 2.24) is 30.1 Å². The number of hydrogen-bond donors (Lipinski definition) is 0. The van der Waals surface area contributed by atoms with Crippen molar-refractivity contribution >= 4 is 16.6 Å². The van der Waals surface area contributed by atoms with Crippen molar-refractivity contribution in [1.29, 1.82) is 0 Å². The van der Waals surface area contributed by atoms with Gasteiger partial charge in [0.2, 0.25) is 0 Å². The molecule has 0 saturated carbocycles. The maximum absolute atomic E-state index is 5.30. The molecule has 0 amide bonds. The fourth-order valence-corrected chi connectivity index (χ4v) is 4.57. The maximum atomic E-state index is 5.30. The van der Waals surface area contributed by atoms with Gasteiger partial charge in [-0.05, 0) is 72.3 Å². The van der Waals surface area contributed by atoms with Crippen LogP contribution in [0.25, 0.3) is 10.9 Å². The number of methoxy groups -OCH3 is 1. The number of hydrogen-bond acceptors (Lipinski definition) is 7. The molecule has 8 heteroatoms. The summed E-state index contributed by atoms with van der Waals surface area (Å²) < 4.78 is 7.24. The first-order chi connectivity index (χ1) is 16.1. The van der Waals surface area contributed by atoms with Gasteiger partial charge >= 0.3 is 0 Å². The molecule has 0 N–H and O–H groups in total. The van der Waals surface area contributed by atoms with Crippen LogP contribution in [0.1, 0.15) is 37.3 Å². The second kappa shape index (κ2) is 9.15. The molecule has 5 rings (SSSR count). The fraction of sp³-hybridized carbons (Fsp3) is 0.360. The van der Waals surface area contributed by atoms with Crippen LogP contribution in [-0.4, -0.2) is 63.4 Å². The average molecular weight is 444 g/mol. The van der Waals surface area contributed by atoms with E-state index in [1.54, 1.807) is 7.11 Å². The van der Waals surface area contributed by atoms with Gasteiger partial charge in [-0.15, -0.1) is 5.10 Å². The largest absolute Gasteiger partial charge is 0.497 e. The van der Waals surface area contributed by atoms with Crippen molar-refractivity contribution < 1.29 is 4.74 Å². The first kappa shape index (κ1) is 21.3. The summed E-state index contributed by atoms with van der Waals surface area (Å²) in [6, 6.07) is 19.0. The third-order valence-electron chi connectivity index (χ3n) is 6.31. The third kappa shape index (κ3) is 4.26. The number of nitrogens with zero attached hydrogens (tertiary/aromatic N) is 7. The highest BCUT2D eigenvalue weighted by molar-refractivity contribution is 5.79. The van der Waals surface area contributed by atoms with Crippen LogP contribution in [0.3, 0.4) is 0 Å². The molecule has 0 aliphatic carbocycles. The molecular weight excluding hydrogens is 414 g/mol. The van der Waals surface area contributed by atoms with Gasteiger partial charge in [-0.1, -0.05) is 12.1 Å². The summed E-state index contributed by atoms with van der Waals surface area (Å²) in [6.07, 6.45) is 1.83. The number of benzene rings is 2. The van der Waals surface area contributed by atoms with Crippen molar-refractivity contribution in [2.45, 2.75) is 25.9 Å². The van der Waals surface area contributed by atoms with E-state index in [-0.39, 0.29) is 12.1 Å².